The zero-order chi connectivity index (χ0) is 20.7. The maximum Gasteiger partial charge on any atom is 0.225 e. The van der Waals surface area contributed by atoms with Gasteiger partial charge in [-0.25, -0.2) is 19.9 Å². The maximum atomic E-state index is 12.6. The van der Waals surface area contributed by atoms with Crippen molar-refractivity contribution in [3.05, 3.63) is 34.6 Å². The molecule has 1 aliphatic carbocycles. The molecule has 0 aromatic carbocycles. The Kier molecular flexibility index (Phi) is 5.49. The van der Waals surface area contributed by atoms with Crippen LogP contribution in [0.5, 0.6) is 0 Å². The zero-order valence-electron chi connectivity index (χ0n) is 16.9. The van der Waals surface area contributed by atoms with Crippen molar-refractivity contribution in [2.75, 3.05) is 30.3 Å². The van der Waals surface area contributed by atoms with E-state index in [9.17, 15) is 9.32 Å². The van der Waals surface area contributed by atoms with Gasteiger partial charge in [0.05, 0.1) is 32.1 Å². The molecule has 1 saturated carbocycles. The topological polar surface area (TPSA) is 92.1 Å². The lowest BCUT2D eigenvalue weighted by Gasteiger charge is -2.40. The molecule has 30 heavy (non-hydrogen) atoms. The molecular weight excluding hydrogens is 422 g/mol. The highest BCUT2D eigenvalue weighted by molar-refractivity contribution is 7.85. The van der Waals surface area contributed by atoms with Crippen molar-refractivity contribution in [3.8, 4) is 0 Å². The highest BCUT2D eigenvalue weighted by Gasteiger charge is 2.39. The van der Waals surface area contributed by atoms with Gasteiger partial charge >= 0.3 is 0 Å². The summed E-state index contributed by atoms with van der Waals surface area (Å²) in [5.74, 6) is 2.53. The Labute approximate surface area is 183 Å². The number of hydrogen-bond donors (Lipinski definition) is 1. The minimum atomic E-state index is -1.02. The molecule has 2 aliphatic heterocycles. The summed E-state index contributed by atoms with van der Waals surface area (Å²) in [5, 5.41) is 10.5. The predicted molar refractivity (Wildman–Crippen MR) is 115 cm³/mol. The number of hydrogen-bond acceptors (Lipinski definition) is 7. The first-order valence-electron chi connectivity index (χ1n) is 10.7. The lowest BCUT2D eigenvalue weighted by Crippen LogP contribution is -2.37. The molecule has 160 valence electrons. The van der Waals surface area contributed by atoms with Crippen LogP contribution < -0.4 is 4.90 Å². The third kappa shape index (κ3) is 3.74. The van der Waals surface area contributed by atoms with Gasteiger partial charge in [0.15, 0.2) is 0 Å². The molecule has 3 aliphatic rings. The Balaban J connectivity index is 1.37. The van der Waals surface area contributed by atoms with Crippen LogP contribution in [0, 0.1) is 5.41 Å². The normalized spacial score (nSPS) is 23.3. The molecule has 9 heteroatoms. The number of aliphatic hydroxyl groups excluding tert-OH is 1. The van der Waals surface area contributed by atoms with E-state index in [1.165, 1.54) is 0 Å². The summed E-state index contributed by atoms with van der Waals surface area (Å²) in [7, 11) is -1.02. The molecular formula is C21H26ClN5O2S. The monoisotopic (exact) mass is 447 g/mol. The summed E-state index contributed by atoms with van der Waals surface area (Å²) < 4.78 is 12.6. The Bertz CT molecular complexity index is 953. The summed E-state index contributed by atoms with van der Waals surface area (Å²) >= 11 is 5.91. The molecule has 1 saturated heterocycles. The van der Waals surface area contributed by atoms with Crippen molar-refractivity contribution in [1.82, 2.24) is 19.9 Å². The van der Waals surface area contributed by atoms with E-state index in [0.717, 1.165) is 79.7 Å². The molecule has 4 heterocycles. The van der Waals surface area contributed by atoms with E-state index in [4.69, 9.17) is 21.6 Å². The average Bonchev–Trinajstić information content (AvgIpc) is 3.12. The largest absolute Gasteiger partial charge is 0.396 e. The van der Waals surface area contributed by atoms with Crippen LogP contribution in [-0.4, -0.2) is 54.7 Å². The maximum absolute atomic E-state index is 12.6. The van der Waals surface area contributed by atoms with E-state index >= 15 is 0 Å². The van der Waals surface area contributed by atoms with Gasteiger partial charge in [0, 0.05) is 50.2 Å². The number of aromatic nitrogens is 4. The SMILES string of the molecule is O=[S@@]1CCc2nc(N3CCC(c4ncc(Cl)cn4)CC3)nc(CC3(CO)CCC3)c21. The molecule has 2 aromatic heterocycles. The van der Waals surface area contributed by atoms with E-state index in [0.29, 0.717) is 23.1 Å². The standard InChI is InChI=1S/C21H26ClN5O2S/c22-15-11-23-19(24-12-15)14-2-7-27(8-3-14)20-25-16-4-9-30(29)18(16)17(26-20)10-21(13-28)5-1-6-21/h11-12,14,28H,1-10,13H2/t30-/m1/s1. The first kappa shape index (κ1) is 20.3. The van der Waals surface area contributed by atoms with Gasteiger partial charge in [0.1, 0.15) is 5.82 Å². The number of piperidine rings is 1. The van der Waals surface area contributed by atoms with Crippen molar-refractivity contribution in [2.24, 2.45) is 5.41 Å². The molecule has 0 bridgehead atoms. The van der Waals surface area contributed by atoms with Crippen LogP contribution in [0.4, 0.5) is 5.95 Å². The number of aliphatic hydroxyl groups is 1. The first-order chi connectivity index (χ1) is 14.6. The van der Waals surface area contributed by atoms with Crippen LogP contribution in [0.1, 0.15) is 55.2 Å². The molecule has 0 unspecified atom stereocenters. The Hall–Kier alpha value is -1.64. The molecule has 5 rings (SSSR count). The lowest BCUT2D eigenvalue weighted by atomic mass is 9.66. The van der Waals surface area contributed by atoms with Crippen molar-refractivity contribution in [2.45, 2.75) is 55.8 Å². The molecule has 1 N–H and O–H groups in total. The van der Waals surface area contributed by atoms with Gasteiger partial charge in [0.2, 0.25) is 5.95 Å². The van der Waals surface area contributed by atoms with Crippen molar-refractivity contribution >= 4 is 28.3 Å². The van der Waals surface area contributed by atoms with Crippen molar-refractivity contribution in [3.63, 3.8) is 0 Å². The fourth-order valence-corrected chi connectivity index (χ4v) is 6.28. The van der Waals surface area contributed by atoms with Crippen LogP contribution in [0.15, 0.2) is 17.3 Å². The predicted octanol–water partition coefficient (Wildman–Crippen LogP) is 2.67. The lowest BCUT2D eigenvalue weighted by molar-refractivity contribution is 0.0434. The first-order valence-corrected chi connectivity index (χ1v) is 12.4. The summed E-state index contributed by atoms with van der Waals surface area (Å²) in [6.07, 6.45) is 9.78. The van der Waals surface area contributed by atoms with Crippen LogP contribution in [0.25, 0.3) is 0 Å². The average molecular weight is 448 g/mol. The molecule has 2 aromatic rings. The van der Waals surface area contributed by atoms with E-state index in [-0.39, 0.29) is 12.0 Å². The van der Waals surface area contributed by atoms with Crippen LogP contribution >= 0.6 is 11.6 Å². The summed E-state index contributed by atoms with van der Waals surface area (Å²) in [6.45, 7) is 1.84. The number of halogens is 1. The second kappa shape index (κ2) is 8.13. The smallest absolute Gasteiger partial charge is 0.225 e. The van der Waals surface area contributed by atoms with Crippen molar-refractivity contribution in [1.29, 1.82) is 0 Å². The van der Waals surface area contributed by atoms with Crippen LogP contribution in [-0.2, 0) is 23.6 Å². The Morgan fingerprint density at radius 3 is 2.57 bits per heavy atom. The Morgan fingerprint density at radius 1 is 1.20 bits per heavy atom. The fourth-order valence-electron chi connectivity index (χ4n) is 4.81. The third-order valence-corrected chi connectivity index (χ3v) is 8.52. The van der Waals surface area contributed by atoms with Gasteiger partial charge in [-0.05, 0) is 37.5 Å². The van der Waals surface area contributed by atoms with Gasteiger partial charge in [-0.3, -0.25) is 4.21 Å². The van der Waals surface area contributed by atoms with E-state index in [1.807, 2.05) is 0 Å². The van der Waals surface area contributed by atoms with Crippen LogP contribution in [0.3, 0.4) is 0 Å². The van der Waals surface area contributed by atoms with Gasteiger partial charge in [0.25, 0.3) is 0 Å². The number of fused-ring (bicyclic) bond motifs is 1. The minimum absolute atomic E-state index is 0.0922. The molecule has 7 nitrogen and oxygen atoms in total. The number of anilines is 1. The molecule has 0 amide bonds. The number of aryl methyl sites for hydroxylation is 1. The zero-order valence-corrected chi connectivity index (χ0v) is 18.5. The van der Waals surface area contributed by atoms with E-state index < -0.39 is 10.8 Å². The van der Waals surface area contributed by atoms with Crippen LogP contribution in [0.2, 0.25) is 5.02 Å². The number of nitrogens with zero attached hydrogens (tertiary/aromatic N) is 5. The summed E-state index contributed by atoms with van der Waals surface area (Å²) in [5.41, 5.74) is 1.73. The molecule has 1 atom stereocenters. The van der Waals surface area contributed by atoms with Gasteiger partial charge in [-0.1, -0.05) is 18.0 Å². The summed E-state index contributed by atoms with van der Waals surface area (Å²) in [4.78, 5) is 21.5. The minimum Gasteiger partial charge on any atom is -0.396 e. The summed E-state index contributed by atoms with van der Waals surface area (Å²) in [6, 6.07) is 0. The highest BCUT2D eigenvalue weighted by Crippen LogP contribution is 2.44. The van der Waals surface area contributed by atoms with Gasteiger partial charge < -0.3 is 10.0 Å². The molecule has 0 spiro atoms. The second-order valence-corrected chi connectivity index (χ2v) is 10.7. The van der Waals surface area contributed by atoms with E-state index in [2.05, 4.69) is 14.9 Å². The van der Waals surface area contributed by atoms with E-state index in [1.54, 1.807) is 12.4 Å². The quantitative estimate of drug-likeness (QED) is 0.753. The fraction of sp³-hybridized carbons (Fsp3) is 0.619. The molecule has 2 fully saturated rings. The second-order valence-electron chi connectivity index (χ2n) is 8.76. The Morgan fingerprint density at radius 2 is 1.93 bits per heavy atom. The highest BCUT2D eigenvalue weighted by atomic mass is 35.5. The van der Waals surface area contributed by atoms with Crippen molar-refractivity contribution < 1.29 is 9.32 Å². The van der Waals surface area contributed by atoms with Gasteiger partial charge in [-0.2, -0.15) is 0 Å². The molecule has 0 radical (unpaired) electrons. The third-order valence-electron chi connectivity index (χ3n) is 6.82. The van der Waals surface area contributed by atoms with Gasteiger partial charge in [-0.15, -0.1) is 0 Å². The number of rotatable bonds is 5.